The van der Waals surface area contributed by atoms with Gasteiger partial charge in [0.25, 0.3) is 0 Å². The Morgan fingerprint density at radius 2 is 1.79 bits per heavy atom. The number of carbonyl (C=O) groups is 1. The van der Waals surface area contributed by atoms with E-state index in [0.29, 0.717) is 0 Å². The number of hydrogen-bond donors (Lipinski definition) is 0. The Hall–Kier alpha value is -1.76. The summed E-state index contributed by atoms with van der Waals surface area (Å²) in [4.78, 5) is 12.4. The van der Waals surface area contributed by atoms with Crippen molar-refractivity contribution < 1.29 is 17.6 Å². The first kappa shape index (κ1) is 17.1. The number of ketones is 1. The molecule has 0 atom stereocenters. The van der Waals surface area contributed by atoms with Gasteiger partial charge in [0.05, 0.1) is 9.92 Å². The summed E-state index contributed by atoms with van der Waals surface area (Å²) in [6, 6.07) is 8.87. The molecule has 1 aliphatic rings. The molecule has 0 spiro atoms. The molecule has 2 aromatic carbocycles. The second-order valence-electron chi connectivity index (χ2n) is 5.71. The van der Waals surface area contributed by atoms with E-state index in [2.05, 4.69) is 0 Å². The lowest BCUT2D eigenvalue weighted by molar-refractivity contribution is 0.0981. The van der Waals surface area contributed by atoms with Crippen molar-refractivity contribution in [2.45, 2.75) is 24.8 Å². The van der Waals surface area contributed by atoms with E-state index >= 15 is 0 Å². The minimum absolute atomic E-state index is 0.0144. The van der Waals surface area contributed by atoms with Gasteiger partial charge in [-0.15, -0.1) is 0 Å². The number of hydrogen-bond acceptors (Lipinski definition) is 3. The number of halogens is 2. The molecule has 1 heterocycles. The fraction of sp³-hybridized carbons (Fsp3) is 0.235. The highest BCUT2D eigenvalue weighted by atomic mass is 35.5. The number of rotatable bonds is 2. The van der Waals surface area contributed by atoms with Crippen molar-refractivity contribution in [2.75, 3.05) is 6.54 Å². The first-order chi connectivity index (χ1) is 11.3. The van der Waals surface area contributed by atoms with Crippen LogP contribution in [0.15, 0.2) is 41.3 Å². The zero-order valence-corrected chi connectivity index (χ0v) is 14.5. The highest BCUT2D eigenvalue weighted by molar-refractivity contribution is 7.89. The molecule has 0 radical (unpaired) electrons. The van der Waals surface area contributed by atoms with Gasteiger partial charge in [-0.25, -0.2) is 12.8 Å². The van der Waals surface area contributed by atoms with Gasteiger partial charge < -0.3 is 0 Å². The van der Waals surface area contributed by atoms with Gasteiger partial charge in [0.2, 0.25) is 10.0 Å². The van der Waals surface area contributed by atoms with Crippen LogP contribution >= 0.6 is 11.6 Å². The van der Waals surface area contributed by atoms with Gasteiger partial charge in [0.1, 0.15) is 5.82 Å². The average molecular weight is 368 g/mol. The quantitative estimate of drug-likeness (QED) is 0.815. The Balaban J connectivity index is 2.06. The van der Waals surface area contributed by atoms with Crippen LogP contribution in [-0.2, 0) is 16.6 Å². The van der Waals surface area contributed by atoms with Gasteiger partial charge in [0, 0.05) is 30.6 Å². The predicted octanol–water partition coefficient (Wildman–Crippen LogP) is 3.56. The Labute approximate surface area is 144 Å². The Kier molecular flexibility index (Phi) is 4.46. The smallest absolute Gasteiger partial charge is 0.243 e. The van der Waals surface area contributed by atoms with Gasteiger partial charge in [-0.05, 0) is 31.2 Å². The van der Waals surface area contributed by atoms with E-state index in [1.165, 1.54) is 18.2 Å². The maximum Gasteiger partial charge on any atom is 0.243 e. The molecule has 0 aromatic heterocycles. The number of sulfonamides is 1. The SMILES string of the molecule is Cc1ccc(S(=O)(=O)N2CCC(=O)c3c(Cl)ccc(F)c3C2)cc1. The normalized spacial score (nSPS) is 15.9. The fourth-order valence-corrected chi connectivity index (χ4v) is 4.41. The third-order valence-electron chi connectivity index (χ3n) is 4.07. The van der Waals surface area contributed by atoms with E-state index in [4.69, 9.17) is 11.6 Å². The van der Waals surface area contributed by atoms with E-state index in [1.807, 2.05) is 6.92 Å². The standard InChI is InChI=1S/C17H15ClFNO3S/c1-11-2-4-12(5-3-11)24(22,23)20-9-8-16(21)17-13(10-20)15(19)7-6-14(17)18/h2-7H,8-10H2,1H3. The van der Waals surface area contributed by atoms with Crippen LogP contribution < -0.4 is 0 Å². The van der Waals surface area contributed by atoms with Gasteiger partial charge >= 0.3 is 0 Å². The number of benzene rings is 2. The lowest BCUT2D eigenvalue weighted by Gasteiger charge is -2.20. The molecular weight excluding hydrogens is 353 g/mol. The second kappa shape index (κ2) is 6.27. The van der Waals surface area contributed by atoms with Crippen LogP contribution in [-0.4, -0.2) is 25.1 Å². The second-order valence-corrected chi connectivity index (χ2v) is 8.05. The molecule has 4 nitrogen and oxygen atoms in total. The summed E-state index contributed by atoms with van der Waals surface area (Å²) in [5.41, 5.74) is 1.04. The van der Waals surface area contributed by atoms with E-state index in [0.717, 1.165) is 15.9 Å². The molecule has 0 amide bonds. The lowest BCUT2D eigenvalue weighted by atomic mass is 10.0. The molecule has 24 heavy (non-hydrogen) atoms. The summed E-state index contributed by atoms with van der Waals surface area (Å²) in [5, 5.41) is 0.144. The first-order valence-corrected chi connectivity index (χ1v) is 9.19. The third-order valence-corrected chi connectivity index (χ3v) is 6.24. The summed E-state index contributed by atoms with van der Waals surface area (Å²) in [7, 11) is -3.83. The maximum atomic E-state index is 14.2. The minimum Gasteiger partial charge on any atom is -0.294 e. The van der Waals surface area contributed by atoms with Gasteiger partial charge in [0.15, 0.2) is 5.78 Å². The molecule has 0 N–H and O–H groups in total. The molecule has 3 rings (SSSR count). The number of nitrogens with zero attached hydrogens (tertiary/aromatic N) is 1. The van der Waals surface area contributed by atoms with E-state index in [9.17, 15) is 17.6 Å². The Morgan fingerprint density at radius 1 is 1.12 bits per heavy atom. The maximum absolute atomic E-state index is 14.2. The summed E-state index contributed by atoms with van der Waals surface area (Å²) in [6.45, 7) is 1.62. The highest BCUT2D eigenvalue weighted by Crippen LogP contribution is 2.30. The van der Waals surface area contributed by atoms with Crippen LogP contribution in [0.25, 0.3) is 0 Å². The molecular formula is C17H15ClFNO3S. The largest absolute Gasteiger partial charge is 0.294 e. The number of Topliss-reactive ketones (excluding diaryl/α,β-unsaturated/α-hetero) is 1. The molecule has 126 valence electrons. The van der Waals surface area contributed by atoms with Crippen molar-refractivity contribution in [3.05, 3.63) is 63.9 Å². The Bertz CT molecular complexity index is 910. The molecule has 0 aliphatic carbocycles. The van der Waals surface area contributed by atoms with Gasteiger partial charge in [-0.2, -0.15) is 4.31 Å². The van der Waals surface area contributed by atoms with Crippen LogP contribution in [0.3, 0.4) is 0 Å². The summed E-state index contributed by atoms with van der Waals surface area (Å²) < 4.78 is 41.0. The zero-order chi connectivity index (χ0) is 17.5. The van der Waals surface area contributed by atoms with Crippen LogP contribution in [0, 0.1) is 12.7 Å². The number of aryl methyl sites for hydroxylation is 1. The van der Waals surface area contributed by atoms with Gasteiger partial charge in [-0.1, -0.05) is 29.3 Å². The number of carbonyl (C=O) groups excluding carboxylic acids is 1. The highest BCUT2D eigenvalue weighted by Gasteiger charge is 2.32. The van der Waals surface area contributed by atoms with Crippen LogP contribution in [0.4, 0.5) is 4.39 Å². The molecule has 7 heteroatoms. The first-order valence-electron chi connectivity index (χ1n) is 7.37. The van der Waals surface area contributed by atoms with Crippen LogP contribution in [0.2, 0.25) is 5.02 Å². The molecule has 0 unspecified atom stereocenters. The van der Waals surface area contributed by atoms with E-state index < -0.39 is 15.8 Å². The van der Waals surface area contributed by atoms with Crippen molar-refractivity contribution >= 4 is 27.4 Å². The average Bonchev–Trinajstić information content (AvgIpc) is 2.72. The lowest BCUT2D eigenvalue weighted by Crippen LogP contribution is -2.31. The van der Waals surface area contributed by atoms with Crippen molar-refractivity contribution in [1.29, 1.82) is 0 Å². The molecule has 0 fully saturated rings. The molecule has 2 aromatic rings. The van der Waals surface area contributed by atoms with Crippen LogP contribution in [0.1, 0.15) is 27.9 Å². The summed E-state index contributed by atoms with van der Waals surface area (Å²) in [5.74, 6) is -0.982. The van der Waals surface area contributed by atoms with Crippen molar-refractivity contribution in [1.82, 2.24) is 4.31 Å². The molecule has 0 saturated carbocycles. The predicted molar refractivity (Wildman–Crippen MR) is 89.1 cm³/mol. The minimum atomic E-state index is -3.83. The molecule has 0 saturated heterocycles. The van der Waals surface area contributed by atoms with E-state index in [1.54, 1.807) is 12.1 Å². The monoisotopic (exact) mass is 367 g/mol. The van der Waals surface area contributed by atoms with Crippen molar-refractivity contribution in [2.24, 2.45) is 0 Å². The van der Waals surface area contributed by atoms with Gasteiger partial charge in [-0.3, -0.25) is 4.79 Å². The molecule has 0 bridgehead atoms. The van der Waals surface area contributed by atoms with Crippen molar-refractivity contribution in [3.63, 3.8) is 0 Å². The fourth-order valence-electron chi connectivity index (χ4n) is 2.72. The summed E-state index contributed by atoms with van der Waals surface area (Å²) in [6.07, 6.45) is -0.0404. The number of fused-ring (bicyclic) bond motifs is 1. The summed E-state index contributed by atoms with van der Waals surface area (Å²) >= 11 is 6.02. The van der Waals surface area contributed by atoms with Crippen LogP contribution in [0.5, 0.6) is 0 Å². The zero-order valence-electron chi connectivity index (χ0n) is 12.9. The molecule has 1 aliphatic heterocycles. The van der Waals surface area contributed by atoms with E-state index in [-0.39, 0.29) is 46.3 Å². The Morgan fingerprint density at radius 3 is 2.46 bits per heavy atom. The van der Waals surface area contributed by atoms with Crippen molar-refractivity contribution in [3.8, 4) is 0 Å². The third kappa shape index (κ3) is 2.97. The topological polar surface area (TPSA) is 54.5 Å².